The van der Waals surface area contributed by atoms with Crippen LogP contribution in [0.25, 0.3) is 0 Å². The van der Waals surface area contributed by atoms with Crippen LogP contribution in [0, 0.1) is 5.92 Å². The minimum atomic E-state index is -1.45. The second kappa shape index (κ2) is 7.22. The van der Waals surface area contributed by atoms with E-state index in [1.165, 1.54) is 0 Å². The van der Waals surface area contributed by atoms with E-state index in [0.717, 1.165) is 4.90 Å². The third-order valence-corrected chi connectivity index (χ3v) is 6.39. The summed E-state index contributed by atoms with van der Waals surface area (Å²) in [5.74, 6) is -2.01. The van der Waals surface area contributed by atoms with Crippen LogP contribution < -0.4 is 9.64 Å². The molecule has 31 heavy (non-hydrogen) atoms. The van der Waals surface area contributed by atoms with Crippen molar-refractivity contribution in [2.45, 2.75) is 11.8 Å². The van der Waals surface area contributed by atoms with Gasteiger partial charge in [-0.15, -0.1) is 0 Å². The van der Waals surface area contributed by atoms with Crippen LogP contribution in [0.15, 0.2) is 72.8 Å². The molecule has 0 spiro atoms. The number of carbonyl (C=O) groups excluding carboxylic acids is 3. The van der Waals surface area contributed by atoms with E-state index in [9.17, 15) is 14.4 Å². The largest absolute Gasteiger partial charge is 0.425 e. The first kappa shape index (κ1) is 19.8. The summed E-state index contributed by atoms with van der Waals surface area (Å²) in [5.41, 5.74) is 0.0740. The first-order valence-electron chi connectivity index (χ1n) is 9.63. The molecular formula is C24H15Cl2NO4. The molecule has 7 heteroatoms. The van der Waals surface area contributed by atoms with Gasteiger partial charge in [0.05, 0.1) is 11.6 Å². The van der Waals surface area contributed by atoms with Crippen molar-refractivity contribution in [1.29, 1.82) is 0 Å². The number of rotatable bonds is 3. The highest BCUT2D eigenvalue weighted by Gasteiger charge is 2.62. The molecule has 0 aromatic heterocycles. The third-order valence-electron chi connectivity index (χ3n) is 5.89. The van der Waals surface area contributed by atoms with E-state index < -0.39 is 23.2 Å². The van der Waals surface area contributed by atoms with Crippen LogP contribution in [0.2, 0.25) is 10.0 Å². The number of nitrogens with zero attached hydrogens (tertiary/aromatic N) is 1. The molecule has 2 aliphatic heterocycles. The van der Waals surface area contributed by atoms with E-state index in [1.54, 1.807) is 72.8 Å². The zero-order valence-electron chi connectivity index (χ0n) is 16.0. The Bertz CT molecular complexity index is 1220. The number of fused-ring (bicyclic) bond motifs is 1. The molecule has 0 unspecified atom stereocenters. The molecule has 0 aliphatic carbocycles. The summed E-state index contributed by atoms with van der Waals surface area (Å²) in [4.78, 5) is 41.1. The van der Waals surface area contributed by atoms with Crippen molar-refractivity contribution in [1.82, 2.24) is 0 Å². The van der Waals surface area contributed by atoms with Crippen molar-refractivity contribution in [2.75, 3.05) is 4.90 Å². The average Bonchev–Trinajstić information content (AvgIpc) is 3.22. The summed E-state index contributed by atoms with van der Waals surface area (Å²) in [5, 5.41) is 0.987. The lowest BCUT2D eigenvalue weighted by Crippen LogP contribution is -2.46. The second-order valence-electron chi connectivity index (χ2n) is 7.50. The Morgan fingerprint density at radius 1 is 0.839 bits per heavy atom. The van der Waals surface area contributed by atoms with Gasteiger partial charge in [-0.1, -0.05) is 53.5 Å². The Kier molecular flexibility index (Phi) is 4.61. The van der Waals surface area contributed by atoms with E-state index in [-0.39, 0.29) is 12.3 Å². The number of carbonyl (C=O) groups is 3. The number of amides is 2. The van der Waals surface area contributed by atoms with E-state index >= 15 is 0 Å². The highest BCUT2D eigenvalue weighted by molar-refractivity contribution is 6.31. The van der Waals surface area contributed by atoms with E-state index in [2.05, 4.69) is 0 Å². The van der Waals surface area contributed by atoms with Gasteiger partial charge >= 0.3 is 5.97 Å². The van der Waals surface area contributed by atoms with E-state index in [0.29, 0.717) is 32.6 Å². The molecule has 0 radical (unpaired) electrons. The average molecular weight is 452 g/mol. The van der Waals surface area contributed by atoms with Crippen molar-refractivity contribution in [3.63, 3.8) is 0 Å². The molecule has 0 N–H and O–H groups in total. The number of para-hydroxylation sites is 1. The van der Waals surface area contributed by atoms with Gasteiger partial charge in [-0.05, 0) is 48.0 Å². The fourth-order valence-electron chi connectivity index (χ4n) is 4.52. The van der Waals surface area contributed by atoms with Crippen molar-refractivity contribution >= 4 is 46.7 Å². The highest BCUT2D eigenvalue weighted by atomic mass is 35.5. The number of benzene rings is 3. The molecule has 2 amide bonds. The molecule has 3 aromatic rings. The summed E-state index contributed by atoms with van der Waals surface area (Å²) in [6, 6.07) is 20.1. The van der Waals surface area contributed by atoms with Crippen LogP contribution >= 0.6 is 23.2 Å². The molecule has 2 atom stereocenters. The Hall–Kier alpha value is -3.15. The summed E-state index contributed by atoms with van der Waals surface area (Å²) in [6.07, 6.45) is -0.131. The van der Waals surface area contributed by atoms with Gasteiger partial charge in [-0.2, -0.15) is 0 Å². The molecule has 2 heterocycles. The number of hydrogen-bond donors (Lipinski definition) is 0. The number of ether oxygens (including phenoxy) is 1. The molecule has 154 valence electrons. The predicted octanol–water partition coefficient (Wildman–Crippen LogP) is 4.78. The maximum absolute atomic E-state index is 13.6. The fourth-order valence-corrected chi connectivity index (χ4v) is 4.77. The van der Waals surface area contributed by atoms with Gasteiger partial charge < -0.3 is 4.74 Å². The molecule has 0 saturated carbocycles. The van der Waals surface area contributed by atoms with Gasteiger partial charge in [-0.3, -0.25) is 19.3 Å². The molecule has 5 nitrogen and oxygen atoms in total. The number of imide groups is 1. The number of halogens is 2. The Balaban J connectivity index is 1.69. The van der Waals surface area contributed by atoms with Gasteiger partial charge in [-0.25, -0.2) is 0 Å². The van der Waals surface area contributed by atoms with Crippen LogP contribution in [-0.4, -0.2) is 17.8 Å². The second-order valence-corrected chi connectivity index (χ2v) is 8.37. The SMILES string of the molecule is O=C1C[C@@H]([C@@]2(c3ccc(Cl)cc3)C(=O)Oc3ccccc32)C(=O)N1c1ccc(Cl)cc1. The lowest BCUT2D eigenvalue weighted by atomic mass is 9.66. The standard InChI is InChI=1S/C24H15Cl2NO4/c25-15-7-5-14(6-8-15)24(18-3-1-2-4-20(18)31-23(24)30)19-13-21(28)27(22(19)29)17-11-9-16(26)10-12-17/h1-12,19H,13H2/t19-,24+/m1/s1. The lowest BCUT2D eigenvalue weighted by molar-refractivity contribution is -0.141. The molecule has 2 aliphatic rings. The molecule has 1 fully saturated rings. The summed E-state index contributed by atoms with van der Waals surface area (Å²) in [6.45, 7) is 0. The number of esters is 1. The predicted molar refractivity (Wildman–Crippen MR) is 116 cm³/mol. The molecule has 3 aromatic carbocycles. The quantitative estimate of drug-likeness (QED) is 0.326. The molecular weight excluding hydrogens is 437 g/mol. The highest BCUT2D eigenvalue weighted by Crippen LogP contribution is 2.52. The first-order chi connectivity index (χ1) is 14.9. The Morgan fingerprint density at radius 3 is 2.13 bits per heavy atom. The van der Waals surface area contributed by atoms with Crippen LogP contribution in [-0.2, 0) is 19.8 Å². The fraction of sp³-hybridized carbons (Fsp3) is 0.125. The van der Waals surface area contributed by atoms with Crippen LogP contribution in [0.4, 0.5) is 5.69 Å². The minimum Gasteiger partial charge on any atom is -0.425 e. The topological polar surface area (TPSA) is 63.7 Å². The zero-order chi connectivity index (χ0) is 21.8. The number of hydrogen-bond acceptors (Lipinski definition) is 4. The smallest absolute Gasteiger partial charge is 0.327 e. The van der Waals surface area contributed by atoms with Crippen LogP contribution in [0.3, 0.4) is 0 Å². The summed E-state index contributed by atoms with van der Waals surface area (Å²) >= 11 is 12.0. The van der Waals surface area contributed by atoms with E-state index in [1.807, 2.05) is 0 Å². The third kappa shape index (κ3) is 2.88. The number of anilines is 1. The van der Waals surface area contributed by atoms with Crippen molar-refractivity contribution in [2.24, 2.45) is 5.92 Å². The van der Waals surface area contributed by atoms with Gasteiger partial charge in [0.1, 0.15) is 11.2 Å². The summed E-state index contributed by atoms with van der Waals surface area (Å²) < 4.78 is 5.59. The lowest BCUT2D eigenvalue weighted by Gasteiger charge is -2.31. The van der Waals surface area contributed by atoms with Crippen molar-refractivity contribution < 1.29 is 19.1 Å². The Labute approximate surface area is 188 Å². The van der Waals surface area contributed by atoms with Crippen molar-refractivity contribution in [3.05, 3.63) is 94.0 Å². The maximum Gasteiger partial charge on any atom is 0.327 e. The van der Waals surface area contributed by atoms with Gasteiger partial charge in [0.2, 0.25) is 11.8 Å². The first-order valence-corrected chi connectivity index (χ1v) is 10.4. The summed E-state index contributed by atoms with van der Waals surface area (Å²) in [7, 11) is 0. The van der Waals surface area contributed by atoms with E-state index in [4.69, 9.17) is 27.9 Å². The normalized spacial score (nSPS) is 22.6. The van der Waals surface area contributed by atoms with Gasteiger partial charge in [0, 0.05) is 22.0 Å². The molecule has 0 bridgehead atoms. The molecule has 5 rings (SSSR count). The molecule has 1 saturated heterocycles. The zero-order valence-corrected chi connectivity index (χ0v) is 17.6. The van der Waals surface area contributed by atoms with Crippen LogP contribution in [0.5, 0.6) is 5.75 Å². The monoisotopic (exact) mass is 451 g/mol. The Morgan fingerprint density at radius 2 is 1.45 bits per heavy atom. The van der Waals surface area contributed by atoms with Gasteiger partial charge in [0.25, 0.3) is 0 Å². The maximum atomic E-state index is 13.6. The van der Waals surface area contributed by atoms with Crippen molar-refractivity contribution in [3.8, 4) is 5.75 Å². The van der Waals surface area contributed by atoms with Gasteiger partial charge in [0.15, 0.2) is 0 Å². The minimum absolute atomic E-state index is 0.131. The van der Waals surface area contributed by atoms with Crippen LogP contribution in [0.1, 0.15) is 17.5 Å².